The molecule has 0 saturated carbocycles. The Labute approximate surface area is 153 Å². The van der Waals surface area contributed by atoms with Crippen molar-refractivity contribution >= 4 is 19.2 Å². The summed E-state index contributed by atoms with van der Waals surface area (Å²) < 4.78 is 0. The Morgan fingerprint density at radius 3 is 1.38 bits per heavy atom. The molecule has 0 aliphatic rings. The van der Waals surface area contributed by atoms with Crippen molar-refractivity contribution in [3.8, 4) is 0 Å². The Bertz CT molecular complexity index is 401. The zero-order valence-corrected chi connectivity index (χ0v) is 19.2. The van der Waals surface area contributed by atoms with Crippen molar-refractivity contribution in [3.63, 3.8) is 0 Å². The van der Waals surface area contributed by atoms with E-state index >= 15 is 0 Å². The first-order chi connectivity index (χ1) is 11.7. The van der Waals surface area contributed by atoms with Crippen LogP contribution in [0.4, 0.5) is 0 Å². The summed E-state index contributed by atoms with van der Waals surface area (Å²) in [5, 5.41) is 1.80. The van der Waals surface area contributed by atoms with Crippen LogP contribution in [0, 0.1) is 0 Å². The second-order valence-electron chi connectivity index (χ2n) is 7.75. The first-order valence-electron chi connectivity index (χ1n) is 10.7. The van der Waals surface area contributed by atoms with E-state index in [2.05, 4.69) is 65.0 Å². The van der Waals surface area contributed by atoms with Crippen LogP contribution in [-0.2, 0) is 0 Å². The van der Waals surface area contributed by atoms with Gasteiger partial charge in [0.25, 0.3) is 0 Å². The van der Waals surface area contributed by atoms with Gasteiger partial charge in [0.2, 0.25) is 0 Å². The number of rotatable bonds is 13. The molecule has 0 aliphatic heterocycles. The number of benzene rings is 1. The van der Waals surface area contributed by atoms with E-state index in [0.29, 0.717) is 0 Å². The normalized spacial score (nSPS) is 13.9. The van der Waals surface area contributed by atoms with E-state index < -0.39 is 13.9 Å². The zero-order chi connectivity index (χ0) is 17.9. The van der Waals surface area contributed by atoms with Crippen LogP contribution in [-0.4, -0.2) is 30.8 Å². The Morgan fingerprint density at radius 2 is 1.04 bits per heavy atom. The molecule has 0 fully saturated rings. The zero-order valence-electron chi connectivity index (χ0n) is 17.2. The van der Waals surface area contributed by atoms with E-state index in [9.17, 15) is 0 Å². The van der Waals surface area contributed by atoms with Gasteiger partial charge in [0, 0.05) is 0 Å². The van der Waals surface area contributed by atoms with E-state index in [-0.39, 0.29) is 0 Å². The van der Waals surface area contributed by atoms with Crippen molar-refractivity contribution in [3.05, 3.63) is 30.3 Å². The van der Waals surface area contributed by atoms with Gasteiger partial charge in [-0.05, 0) is 0 Å². The molecule has 0 radical (unpaired) electrons. The summed E-state index contributed by atoms with van der Waals surface area (Å²) in [5.74, 6) is 0. The van der Waals surface area contributed by atoms with Gasteiger partial charge in [-0.2, -0.15) is 0 Å². The molecule has 142 valence electrons. The van der Waals surface area contributed by atoms with Gasteiger partial charge in [-0.3, -0.25) is 0 Å². The Kier molecular flexibility index (Phi) is 10.7. The SMILES string of the molecule is CCCC[PH](CCCC)(CCCC)[PH](CC)(CC)c1ccccc1. The second-order valence-corrected chi connectivity index (χ2v) is 22.0. The molecular formula is C22H44P2. The summed E-state index contributed by atoms with van der Waals surface area (Å²) >= 11 is 0. The predicted molar refractivity (Wildman–Crippen MR) is 123 cm³/mol. The first-order valence-corrected chi connectivity index (χ1v) is 16.7. The first kappa shape index (κ1) is 22.1. The van der Waals surface area contributed by atoms with Crippen LogP contribution in [0.15, 0.2) is 30.3 Å². The molecule has 0 unspecified atom stereocenters. The summed E-state index contributed by atoms with van der Waals surface area (Å²) in [7, 11) is 0. The Balaban J connectivity index is 3.40. The fraction of sp³-hybridized carbons (Fsp3) is 0.727. The maximum absolute atomic E-state index is 2.54. The topological polar surface area (TPSA) is 0 Å². The van der Waals surface area contributed by atoms with Crippen LogP contribution in [0.3, 0.4) is 0 Å². The second kappa shape index (κ2) is 11.6. The van der Waals surface area contributed by atoms with Crippen LogP contribution in [0.25, 0.3) is 0 Å². The average Bonchev–Trinajstić information content (AvgIpc) is 2.64. The van der Waals surface area contributed by atoms with Gasteiger partial charge in [0.1, 0.15) is 0 Å². The standard InChI is InChI=1S/C22H44P2/c1-6-11-19-23(20-12-7-2,21-13-8-3)24(9-4,10-5)22-17-15-14-16-18-22/h14-18,23-24H,6-13,19-21H2,1-5H3. The quantitative estimate of drug-likeness (QED) is 0.323. The molecule has 0 spiro atoms. The molecule has 0 heterocycles. The van der Waals surface area contributed by atoms with E-state index in [0.717, 1.165) is 0 Å². The van der Waals surface area contributed by atoms with Crippen LogP contribution in [0.2, 0.25) is 0 Å². The van der Waals surface area contributed by atoms with Gasteiger partial charge in [-0.1, -0.05) is 0 Å². The molecule has 2 heteroatoms. The minimum atomic E-state index is -1.37. The van der Waals surface area contributed by atoms with Crippen molar-refractivity contribution in [1.29, 1.82) is 0 Å². The molecule has 0 aromatic heterocycles. The third-order valence-electron chi connectivity index (χ3n) is 6.58. The van der Waals surface area contributed by atoms with Crippen LogP contribution in [0.5, 0.6) is 0 Å². The Morgan fingerprint density at radius 1 is 0.625 bits per heavy atom. The average molecular weight is 371 g/mol. The van der Waals surface area contributed by atoms with E-state index in [4.69, 9.17) is 0 Å². The fourth-order valence-corrected chi connectivity index (χ4v) is 27.4. The number of unbranched alkanes of at least 4 members (excludes halogenated alkanes) is 3. The van der Waals surface area contributed by atoms with Gasteiger partial charge in [0.05, 0.1) is 0 Å². The molecule has 1 rings (SSSR count). The summed E-state index contributed by atoms with van der Waals surface area (Å²) in [6, 6.07) is 11.8. The Hall–Kier alpha value is 0.0800. The van der Waals surface area contributed by atoms with Crippen molar-refractivity contribution in [2.75, 3.05) is 30.8 Å². The fourth-order valence-electron chi connectivity index (χ4n) is 5.11. The summed E-state index contributed by atoms with van der Waals surface area (Å²) in [6.45, 7) is 9.63. The van der Waals surface area contributed by atoms with Gasteiger partial charge in [0.15, 0.2) is 0 Å². The molecule has 0 atom stereocenters. The van der Waals surface area contributed by atoms with Crippen molar-refractivity contribution in [1.82, 2.24) is 0 Å². The molecule has 1 aromatic carbocycles. The molecule has 0 saturated heterocycles. The molecule has 0 aliphatic carbocycles. The molecule has 0 bridgehead atoms. The van der Waals surface area contributed by atoms with E-state index in [1.54, 1.807) is 23.8 Å². The third-order valence-corrected chi connectivity index (χ3v) is 27.7. The van der Waals surface area contributed by atoms with Crippen LogP contribution in [0.1, 0.15) is 73.1 Å². The molecule has 24 heavy (non-hydrogen) atoms. The summed E-state index contributed by atoms with van der Waals surface area (Å²) in [6.07, 6.45) is 16.3. The van der Waals surface area contributed by atoms with Crippen LogP contribution < -0.4 is 5.30 Å². The predicted octanol–water partition coefficient (Wildman–Crippen LogP) is 7.17. The van der Waals surface area contributed by atoms with E-state index in [1.807, 2.05) is 0 Å². The van der Waals surface area contributed by atoms with Crippen LogP contribution >= 0.6 is 13.9 Å². The minimum absolute atomic E-state index is 1.24. The van der Waals surface area contributed by atoms with Gasteiger partial charge in [-0.15, -0.1) is 0 Å². The van der Waals surface area contributed by atoms with Gasteiger partial charge >= 0.3 is 153 Å². The maximum atomic E-state index is 2.54. The summed E-state index contributed by atoms with van der Waals surface area (Å²) in [5.41, 5.74) is 0. The molecule has 0 N–H and O–H groups in total. The molecular weight excluding hydrogens is 326 g/mol. The van der Waals surface area contributed by atoms with Gasteiger partial charge < -0.3 is 0 Å². The number of hydrogen-bond acceptors (Lipinski definition) is 0. The monoisotopic (exact) mass is 370 g/mol. The molecule has 0 amide bonds. The van der Waals surface area contributed by atoms with Crippen molar-refractivity contribution < 1.29 is 0 Å². The van der Waals surface area contributed by atoms with Crippen molar-refractivity contribution in [2.45, 2.75) is 73.1 Å². The molecule has 0 nitrogen and oxygen atoms in total. The van der Waals surface area contributed by atoms with E-state index in [1.165, 1.54) is 50.8 Å². The van der Waals surface area contributed by atoms with Crippen molar-refractivity contribution in [2.24, 2.45) is 0 Å². The van der Waals surface area contributed by atoms with Gasteiger partial charge in [-0.25, -0.2) is 0 Å². The third kappa shape index (κ3) is 5.05. The number of hydrogen-bond donors (Lipinski definition) is 0. The molecule has 1 aromatic rings. The summed E-state index contributed by atoms with van der Waals surface area (Å²) in [4.78, 5) is 0.